The topological polar surface area (TPSA) is 93.1 Å². The van der Waals surface area contributed by atoms with Gasteiger partial charge in [0.15, 0.2) is 16.8 Å². The highest BCUT2D eigenvalue weighted by atomic mass is 32.2. The van der Waals surface area contributed by atoms with E-state index in [4.69, 9.17) is 4.74 Å². The number of nitrogens with one attached hydrogen (secondary N) is 1. The molecule has 178 valence electrons. The summed E-state index contributed by atoms with van der Waals surface area (Å²) in [7, 11) is 0. The van der Waals surface area contributed by atoms with E-state index in [1.807, 2.05) is 4.57 Å². The number of aromatic nitrogens is 4. The molecule has 0 unspecified atom stereocenters. The minimum absolute atomic E-state index is 0.0501. The van der Waals surface area contributed by atoms with Crippen LogP contribution in [0.4, 0.5) is 4.39 Å². The first-order valence-corrected chi connectivity index (χ1v) is 12.5. The first-order valence-electron chi connectivity index (χ1n) is 11.5. The molecule has 2 fully saturated rings. The van der Waals surface area contributed by atoms with Gasteiger partial charge in [0, 0.05) is 37.0 Å². The molecular formula is C24H26FN5O3S. The van der Waals surface area contributed by atoms with Crippen molar-refractivity contribution in [3.05, 3.63) is 53.6 Å². The zero-order valence-electron chi connectivity index (χ0n) is 18.7. The Kier molecular flexibility index (Phi) is 6.77. The van der Waals surface area contributed by atoms with E-state index in [2.05, 4.69) is 15.2 Å². The molecule has 1 N–H and O–H groups in total. The number of rotatable bonds is 8. The van der Waals surface area contributed by atoms with Gasteiger partial charge < -0.3 is 14.6 Å². The Hall–Kier alpha value is -2.98. The number of nitrogens with zero attached hydrogens (tertiary/aromatic N) is 4. The van der Waals surface area contributed by atoms with Crippen LogP contribution >= 0.6 is 11.8 Å². The van der Waals surface area contributed by atoms with E-state index in [1.165, 1.54) is 23.9 Å². The Labute approximate surface area is 200 Å². The number of ether oxygens (including phenoxy) is 1. The van der Waals surface area contributed by atoms with Crippen molar-refractivity contribution in [3.63, 3.8) is 0 Å². The van der Waals surface area contributed by atoms with Crippen LogP contribution in [0, 0.1) is 5.82 Å². The number of hydrogen-bond donors (Lipinski definition) is 1. The molecule has 1 atom stereocenters. The van der Waals surface area contributed by atoms with Crippen molar-refractivity contribution >= 4 is 23.5 Å². The Morgan fingerprint density at radius 3 is 2.68 bits per heavy atom. The van der Waals surface area contributed by atoms with E-state index in [9.17, 15) is 14.0 Å². The van der Waals surface area contributed by atoms with Gasteiger partial charge in [-0.25, -0.2) is 4.39 Å². The number of thioether (sulfide) groups is 1. The van der Waals surface area contributed by atoms with Crippen molar-refractivity contribution in [3.8, 4) is 11.4 Å². The quantitative estimate of drug-likeness (QED) is 0.387. The summed E-state index contributed by atoms with van der Waals surface area (Å²) in [6.45, 7) is 2.81. The Morgan fingerprint density at radius 1 is 1.15 bits per heavy atom. The third kappa shape index (κ3) is 4.92. The Morgan fingerprint density at radius 2 is 1.94 bits per heavy atom. The van der Waals surface area contributed by atoms with Gasteiger partial charge in [0.2, 0.25) is 0 Å². The van der Waals surface area contributed by atoms with E-state index in [1.54, 1.807) is 29.3 Å². The van der Waals surface area contributed by atoms with Gasteiger partial charge in [-0.3, -0.25) is 14.2 Å². The molecule has 1 aromatic carbocycles. The fourth-order valence-electron chi connectivity index (χ4n) is 4.35. The predicted molar refractivity (Wildman–Crippen MR) is 125 cm³/mol. The summed E-state index contributed by atoms with van der Waals surface area (Å²) in [4.78, 5) is 30.2. The molecule has 4 heterocycles. The second-order valence-corrected chi connectivity index (χ2v) is 9.51. The van der Waals surface area contributed by atoms with Gasteiger partial charge in [-0.05, 0) is 56.0 Å². The normalized spacial score (nSPS) is 18.0. The minimum atomic E-state index is -0.316. The highest BCUT2D eigenvalue weighted by Crippen LogP contribution is 2.27. The largest absolute Gasteiger partial charge is 0.376 e. The molecule has 1 amide bonds. The molecule has 5 rings (SSSR count). The number of amides is 1. The molecule has 2 aliphatic rings. The van der Waals surface area contributed by atoms with Gasteiger partial charge in [-0.15, -0.1) is 10.2 Å². The number of carbonyl (C=O) groups excluding carboxylic acids is 2. The van der Waals surface area contributed by atoms with Gasteiger partial charge >= 0.3 is 0 Å². The first-order chi connectivity index (χ1) is 16.6. The summed E-state index contributed by atoms with van der Waals surface area (Å²) < 4.78 is 21.2. The molecule has 0 bridgehead atoms. The molecule has 10 heteroatoms. The zero-order valence-corrected chi connectivity index (χ0v) is 19.5. The molecule has 0 aliphatic carbocycles. The number of halogens is 1. The maximum Gasteiger partial charge on any atom is 0.270 e. The number of hydrogen-bond acceptors (Lipinski definition) is 6. The lowest BCUT2D eigenvalue weighted by Gasteiger charge is -2.14. The van der Waals surface area contributed by atoms with Crippen molar-refractivity contribution in [1.29, 1.82) is 0 Å². The second-order valence-electron chi connectivity index (χ2n) is 8.57. The zero-order chi connectivity index (χ0) is 23.5. The van der Waals surface area contributed by atoms with Crippen LogP contribution in [0.5, 0.6) is 0 Å². The molecule has 0 saturated carbocycles. The summed E-state index contributed by atoms with van der Waals surface area (Å²) in [5, 5.41) is 9.24. The van der Waals surface area contributed by atoms with E-state index in [-0.39, 0.29) is 29.4 Å². The van der Waals surface area contributed by atoms with Crippen LogP contribution in [0.3, 0.4) is 0 Å². The van der Waals surface area contributed by atoms with Crippen LogP contribution in [0.2, 0.25) is 0 Å². The lowest BCUT2D eigenvalue weighted by molar-refractivity contribution is 0.0787. The van der Waals surface area contributed by atoms with Crippen molar-refractivity contribution < 1.29 is 18.7 Å². The molecule has 8 nitrogen and oxygen atoms in total. The van der Waals surface area contributed by atoms with E-state index < -0.39 is 0 Å². The van der Waals surface area contributed by atoms with Gasteiger partial charge in [-0.2, -0.15) is 0 Å². The average Bonchev–Trinajstić information content (AvgIpc) is 3.66. The van der Waals surface area contributed by atoms with Crippen LogP contribution < -0.4 is 0 Å². The number of carbonyl (C=O) groups is 2. The van der Waals surface area contributed by atoms with E-state index in [0.29, 0.717) is 28.8 Å². The second kappa shape index (κ2) is 10.1. The van der Waals surface area contributed by atoms with Crippen LogP contribution in [-0.4, -0.2) is 67.9 Å². The molecule has 2 aliphatic heterocycles. The van der Waals surface area contributed by atoms with Gasteiger partial charge in [0.1, 0.15) is 11.5 Å². The maximum atomic E-state index is 13.4. The summed E-state index contributed by atoms with van der Waals surface area (Å²) in [5.74, 6) is 0.289. The monoisotopic (exact) mass is 483 g/mol. The fourth-order valence-corrected chi connectivity index (χ4v) is 5.19. The molecule has 2 saturated heterocycles. The van der Waals surface area contributed by atoms with Crippen molar-refractivity contribution in [2.45, 2.75) is 43.5 Å². The Balaban J connectivity index is 1.30. The number of Topliss-reactive ketones (excluding diaryl/α,β-unsaturated/α-hetero) is 1. The minimum Gasteiger partial charge on any atom is -0.376 e. The molecule has 0 radical (unpaired) electrons. The van der Waals surface area contributed by atoms with Gasteiger partial charge in [-0.1, -0.05) is 11.8 Å². The lowest BCUT2D eigenvalue weighted by Crippen LogP contribution is -2.27. The molecular weight excluding hydrogens is 457 g/mol. The van der Waals surface area contributed by atoms with Crippen LogP contribution in [0.1, 0.15) is 46.5 Å². The summed E-state index contributed by atoms with van der Waals surface area (Å²) in [6.07, 6.45) is 5.62. The van der Waals surface area contributed by atoms with Crippen LogP contribution in [-0.2, 0) is 11.3 Å². The first kappa shape index (κ1) is 22.8. The standard InChI is InChI=1S/C24H26FN5O3S/c25-18-7-5-16(6-8-18)22-27-28-24(30(22)14-19-4-3-11-33-19)34-15-21(31)17-12-20(26-13-17)23(32)29-9-1-2-10-29/h5-8,12-13,19,26H,1-4,9-11,14-15H2/t19-/m0/s1. The molecule has 2 aromatic heterocycles. The third-order valence-electron chi connectivity index (χ3n) is 6.19. The van der Waals surface area contributed by atoms with Gasteiger partial charge in [0.05, 0.1) is 18.4 Å². The SMILES string of the molecule is O=C(CSc1nnc(-c2ccc(F)cc2)n1C[C@@H]1CCCO1)c1c[nH]c(C(=O)N2CCCC2)c1. The predicted octanol–water partition coefficient (Wildman–Crippen LogP) is 3.80. The highest BCUT2D eigenvalue weighted by Gasteiger charge is 2.24. The summed E-state index contributed by atoms with van der Waals surface area (Å²) in [5.41, 5.74) is 1.66. The van der Waals surface area contributed by atoms with Crippen LogP contribution in [0.25, 0.3) is 11.4 Å². The maximum absolute atomic E-state index is 13.4. The van der Waals surface area contributed by atoms with E-state index >= 15 is 0 Å². The number of ketones is 1. The van der Waals surface area contributed by atoms with Crippen LogP contribution in [0.15, 0.2) is 41.7 Å². The smallest absolute Gasteiger partial charge is 0.270 e. The highest BCUT2D eigenvalue weighted by molar-refractivity contribution is 7.99. The number of benzene rings is 1. The third-order valence-corrected chi connectivity index (χ3v) is 7.16. The number of likely N-dealkylation sites (tertiary alicyclic amines) is 1. The lowest BCUT2D eigenvalue weighted by atomic mass is 10.2. The van der Waals surface area contributed by atoms with Crippen molar-refractivity contribution in [2.75, 3.05) is 25.4 Å². The van der Waals surface area contributed by atoms with E-state index in [0.717, 1.165) is 50.9 Å². The number of aromatic amines is 1. The number of H-pyrrole nitrogens is 1. The molecule has 34 heavy (non-hydrogen) atoms. The van der Waals surface area contributed by atoms with Crippen molar-refractivity contribution in [1.82, 2.24) is 24.6 Å². The summed E-state index contributed by atoms with van der Waals surface area (Å²) in [6, 6.07) is 7.76. The molecule has 0 spiro atoms. The van der Waals surface area contributed by atoms with Crippen molar-refractivity contribution in [2.24, 2.45) is 0 Å². The summed E-state index contributed by atoms with van der Waals surface area (Å²) >= 11 is 1.30. The van der Waals surface area contributed by atoms with Gasteiger partial charge in [0.25, 0.3) is 5.91 Å². The Bertz CT molecular complexity index is 1160. The molecule has 3 aromatic rings. The average molecular weight is 484 g/mol. The fraction of sp³-hybridized carbons (Fsp3) is 0.417.